The van der Waals surface area contributed by atoms with Crippen LogP contribution in [0, 0.1) is 5.92 Å². The molecule has 0 aromatic carbocycles. The molecule has 0 heterocycles. The van der Waals surface area contributed by atoms with E-state index in [0.717, 1.165) is 0 Å². The molecule has 0 radical (unpaired) electrons. The molecule has 0 bridgehead atoms. The molecular weight excluding hydrogens is 212 g/mol. The molecule has 1 aliphatic rings. The molecule has 1 saturated carbocycles. The van der Waals surface area contributed by atoms with Crippen LogP contribution in [0.2, 0.25) is 0 Å². The molecule has 1 amide bonds. The summed E-state index contributed by atoms with van der Waals surface area (Å²) in [6.07, 6.45) is 7.89. The number of hydrogen-bond acceptors (Lipinski definition) is 2. The fraction of sp³-hybridized carbons (Fsp3) is 0.929. The number of amides is 1. The van der Waals surface area contributed by atoms with Crippen LogP contribution in [0.15, 0.2) is 0 Å². The molecule has 0 aromatic heterocycles. The average molecular weight is 240 g/mol. The zero-order valence-corrected chi connectivity index (χ0v) is 11.8. The highest BCUT2D eigenvalue weighted by molar-refractivity contribution is 5.85. The molecule has 3 nitrogen and oxygen atoms in total. The van der Waals surface area contributed by atoms with E-state index in [4.69, 9.17) is 0 Å². The lowest BCUT2D eigenvalue weighted by molar-refractivity contribution is -0.127. The molecule has 1 fully saturated rings. The summed E-state index contributed by atoms with van der Waals surface area (Å²) < 4.78 is 0. The van der Waals surface area contributed by atoms with Crippen LogP contribution in [0.3, 0.4) is 0 Å². The van der Waals surface area contributed by atoms with Gasteiger partial charge in [0.05, 0.1) is 5.54 Å². The highest BCUT2D eigenvalue weighted by Gasteiger charge is 2.28. The van der Waals surface area contributed by atoms with E-state index in [9.17, 15) is 4.79 Å². The maximum atomic E-state index is 12.1. The lowest BCUT2D eigenvalue weighted by Crippen LogP contribution is -2.54. The summed E-state index contributed by atoms with van der Waals surface area (Å²) >= 11 is 0. The Kier molecular flexibility index (Phi) is 5.44. The predicted molar refractivity (Wildman–Crippen MR) is 71.9 cm³/mol. The Morgan fingerprint density at radius 1 is 1.18 bits per heavy atom. The van der Waals surface area contributed by atoms with E-state index in [1.807, 2.05) is 20.9 Å². The van der Waals surface area contributed by atoms with Gasteiger partial charge in [0.1, 0.15) is 0 Å². The van der Waals surface area contributed by atoms with E-state index >= 15 is 0 Å². The van der Waals surface area contributed by atoms with Gasteiger partial charge in [-0.15, -0.1) is 0 Å². The fourth-order valence-corrected chi connectivity index (χ4v) is 2.43. The van der Waals surface area contributed by atoms with Crippen molar-refractivity contribution in [3.8, 4) is 0 Å². The molecule has 1 rings (SSSR count). The van der Waals surface area contributed by atoms with Crippen molar-refractivity contribution in [1.82, 2.24) is 10.6 Å². The number of hydrogen-bond donors (Lipinski definition) is 2. The summed E-state index contributed by atoms with van der Waals surface area (Å²) in [6.45, 7) is 5.99. The monoisotopic (exact) mass is 240 g/mol. The van der Waals surface area contributed by atoms with Gasteiger partial charge >= 0.3 is 0 Å². The van der Waals surface area contributed by atoms with Gasteiger partial charge in [-0.1, -0.05) is 25.7 Å². The van der Waals surface area contributed by atoms with E-state index in [1.165, 1.54) is 38.5 Å². The van der Waals surface area contributed by atoms with Gasteiger partial charge in [-0.05, 0) is 46.6 Å². The maximum absolute atomic E-state index is 12.1. The minimum atomic E-state index is -0.473. The summed E-state index contributed by atoms with van der Waals surface area (Å²) in [5.74, 6) is 0.769. The van der Waals surface area contributed by atoms with Gasteiger partial charge in [-0.3, -0.25) is 4.79 Å². The number of likely N-dealkylation sites (N-methyl/N-ethyl adjacent to an activating group) is 1. The van der Waals surface area contributed by atoms with E-state index in [-0.39, 0.29) is 5.91 Å². The summed E-state index contributed by atoms with van der Waals surface area (Å²) in [5.41, 5.74) is -0.473. The molecule has 100 valence electrons. The molecule has 0 aliphatic heterocycles. The first-order valence-corrected chi connectivity index (χ1v) is 6.97. The van der Waals surface area contributed by atoms with Crippen molar-refractivity contribution >= 4 is 5.91 Å². The molecule has 3 heteroatoms. The van der Waals surface area contributed by atoms with Crippen molar-refractivity contribution in [2.75, 3.05) is 7.05 Å². The molecule has 1 aliphatic carbocycles. The summed E-state index contributed by atoms with van der Waals surface area (Å²) in [4.78, 5) is 12.1. The molecule has 1 atom stereocenters. The van der Waals surface area contributed by atoms with Gasteiger partial charge in [0, 0.05) is 6.04 Å². The minimum Gasteiger partial charge on any atom is -0.352 e. The van der Waals surface area contributed by atoms with Gasteiger partial charge in [0.15, 0.2) is 0 Å². The quantitative estimate of drug-likeness (QED) is 0.741. The second-order valence-electron chi connectivity index (χ2n) is 5.89. The standard InChI is InChI=1S/C14H28N2O/c1-11(12-9-7-5-6-8-10-12)16-13(17)14(2,3)15-4/h11-12,15H,5-10H2,1-4H3,(H,16,17)/t11-/m1/s1. The molecule has 17 heavy (non-hydrogen) atoms. The Hall–Kier alpha value is -0.570. The first-order valence-electron chi connectivity index (χ1n) is 6.97. The summed E-state index contributed by atoms with van der Waals surface area (Å²) in [6, 6.07) is 0.299. The number of rotatable bonds is 4. The van der Waals surface area contributed by atoms with Crippen LogP contribution in [0.5, 0.6) is 0 Å². The van der Waals surface area contributed by atoms with Crippen LogP contribution >= 0.6 is 0 Å². The summed E-state index contributed by atoms with van der Waals surface area (Å²) in [7, 11) is 1.83. The highest BCUT2D eigenvalue weighted by Crippen LogP contribution is 2.25. The maximum Gasteiger partial charge on any atom is 0.239 e. The molecule has 2 N–H and O–H groups in total. The first-order chi connectivity index (χ1) is 7.97. The van der Waals surface area contributed by atoms with Crippen molar-refractivity contribution in [2.24, 2.45) is 5.92 Å². The molecular formula is C14H28N2O. The van der Waals surface area contributed by atoms with Crippen molar-refractivity contribution in [3.05, 3.63) is 0 Å². The molecule has 0 aromatic rings. The molecule has 0 spiro atoms. The number of carbonyl (C=O) groups excluding carboxylic acids is 1. The van der Waals surface area contributed by atoms with E-state index in [0.29, 0.717) is 12.0 Å². The van der Waals surface area contributed by atoms with E-state index in [1.54, 1.807) is 0 Å². The Morgan fingerprint density at radius 2 is 1.71 bits per heavy atom. The van der Waals surface area contributed by atoms with E-state index in [2.05, 4.69) is 17.6 Å². The SMILES string of the molecule is CNC(C)(C)C(=O)N[C@H](C)C1CCCCCC1. The van der Waals surface area contributed by atoms with Crippen LogP contribution in [-0.4, -0.2) is 24.5 Å². The molecule has 0 saturated heterocycles. The Balaban J connectivity index is 2.47. The van der Waals surface area contributed by atoms with Crippen LogP contribution in [0.4, 0.5) is 0 Å². The third-order valence-electron chi connectivity index (χ3n) is 4.16. The second-order valence-corrected chi connectivity index (χ2v) is 5.89. The smallest absolute Gasteiger partial charge is 0.239 e. The number of nitrogens with one attached hydrogen (secondary N) is 2. The Labute approximate surface area is 106 Å². The average Bonchev–Trinajstić information content (AvgIpc) is 2.57. The van der Waals surface area contributed by atoms with Crippen molar-refractivity contribution in [3.63, 3.8) is 0 Å². The van der Waals surface area contributed by atoms with Gasteiger partial charge < -0.3 is 10.6 Å². The fourth-order valence-electron chi connectivity index (χ4n) is 2.43. The Morgan fingerprint density at radius 3 is 2.18 bits per heavy atom. The van der Waals surface area contributed by atoms with Crippen LogP contribution in [-0.2, 0) is 4.79 Å². The molecule has 0 unspecified atom stereocenters. The first kappa shape index (κ1) is 14.5. The third-order valence-corrected chi connectivity index (χ3v) is 4.16. The topological polar surface area (TPSA) is 41.1 Å². The van der Waals surface area contributed by atoms with Crippen molar-refractivity contribution in [1.29, 1.82) is 0 Å². The van der Waals surface area contributed by atoms with Crippen LogP contribution in [0.1, 0.15) is 59.3 Å². The third kappa shape index (κ3) is 4.30. The number of carbonyl (C=O) groups is 1. The summed E-state index contributed by atoms with van der Waals surface area (Å²) in [5, 5.41) is 6.22. The van der Waals surface area contributed by atoms with Gasteiger partial charge in [0.25, 0.3) is 0 Å². The lowest BCUT2D eigenvalue weighted by atomic mass is 9.92. The van der Waals surface area contributed by atoms with E-state index < -0.39 is 5.54 Å². The van der Waals surface area contributed by atoms with Gasteiger partial charge in [-0.25, -0.2) is 0 Å². The normalized spacial score (nSPS) is 20.7. The second kappa shape index (κ2) is 6.39. The Bertz CT molecular complexity index is 243. The predicted octanol–water partition coefficient (Wildman–Crippen LogP) is 2.46. The zero-order chi connectivity index (χ0) is 12.9. The van der Waals surface area contributed by atoms with Crippen molar-refractivity contribution < 1.29 is 4.79 Å². The largest absolute Gasteiger partial charge is 0.352 e. The van der Waals surface area contributed by atoms with Crippen molar-refractivity contribution in [2.45, 2.75) is 70.9 Å². The lowest BCUT2D eigenvalue weighted by Gasteiger charge is -2.29. The van der Waals surface area contributed by atoms with Crippen LogP contribution in [0.25, 0.3) is 0 Å². The van der Waals surface area contributed by atoms with Gasteiger partial charge in [0.2, 0.25) is 5.91 Å². The minimum absolute atomic E-state index is 0.108. The van der Waals surface area contributed by atoms with Crippen LogP contribution < -0.4 is 10.6 Å². The highest BCUT2D eigenvalue weighted by atomic mass is 16.2. The van der Waals surface area contributed by atoms with Gasteiger partial charge in [-0.2, -0.15) is 0 Å². The zero-order valence-electron chi connectivity index (χ0n) is 11.8.